The van der Waals surface area contributed by atoms with Gasteiger partial charge in [0.05, 0.1) is 13.7 Å². The molecule has 0 radical (unpaired) electrons. The lowest BCUT2D eigenvalue weighted by atomic mass is 10.1. The Labute approximate surface area is 129 Å². The van der Waals surface area contributed by atoms with Gasteiger partial charge in [0, 0.05) is 11.1 Å². The Morgan fingerprint density at radius 1 is 0.857 bits per heavy atom. The van der Waals surface area contributed by atoms with E-state index in [0.717, 1.165) is 12.8 Å². The fraction of sp³-hybridized carbons (Fsp3) is 0.647. The van der Waals surface area contributed by atoms with Crippen LogP contribution in [0.2, 0.25) is 0 Å². The van der Waals surface area contributed by atoms with E-state index in [1.54, 1.807) is 13.8 Å². The summed E-state index contributed by atoms with van der Waals surface area (Å²) in [7, 11) is 1.33. The van der Waals surface area contributed by atoms with Gasteiger partial charge in [-0.3, -0.25) is 0 Å². The van der Waals surface area contributed by atoms with Gasteiger partial charge < -0.3 is 9.47 Å². The highest BCUT2D eigenvalue weighted by Crippen LogP contribution is 2.05. The molecule has 4 nitrogen and oxygen atoms in total. The van der Waals surface area contributed by atoms with Crippen LogP contribution in [0.15, 0.2) is 24.3 Å². The Morgan fingerprint density at radius 2 is 1.33 bits per heavy atom. The second kappa shape index (κ2) is 14.8. The standard InChI is InChI=1S/C12H22O2.C5H8O2/c1-4-5-6-7-8-9-10-14-12(13)11(2)3;1-4(2)5(6)7-3/h2,4-10H2,1,3H3;1H2,2-3H3. The maximum absolute atomic E-state index is 11.0. The number of hydrogen-bond donors (Lipinski definition) is 0. The van der Waals surface area contributed by atoms with Gasteiger partial charge in [-0.15, -0.1) is 0 Å². The predicted octanol–water partition coefficient (Wildman–Crippen LogP) is 4.20. The predicted molar refractivity (Wildman–Crippen MR) is 86.0 cm³/mol. The van der Waals surface area contributed by atoms with Gasteiger partial charge in [-0.2, -0.15) is 0 Å². The highest BCUT2D eigenvalue weighted by Gasteiger charge is 2.01. The van der Waals surface area contributed by atoms with E-state index in [1.807, 2.05) is 0 Å². The molecule has 0 aliphatic rings. The fourth-order valence-electron chi connectivity index (χ4n) is 1.34. The third kappa shape index (κ3) is 16.4. The Morgan fingerprint density at radius 3 is 1.71 bits per heavy atom. The number of unbranched alkanes of at least 4 members (excludes halogenated alkanes) is 5. The number of ether oxygens (including phenoxy) is 2. The third-order valence-corrected chi connectivity index (χ3v) is 2.61. The van der Waals surface area contributed by atoms with E-state index in [9.17, 15) is 9.59 Å². The van der Waals surface area contributed by atoms with E-state index in [0.29, 0.717) is 17.8 Å². The van der Waals surface area contributed by atoms with Gasteiger partial charge >= 0.3 is 11.9 Å². The first kappa shape index (κ1) is 21.7. The molecule has 0 aliphatic carbocycles. The molecule has 21 heavy (non-hydrogen) atoms. The molecule has 0 spiro atoms. The van der Waals surface area contributed by atoms with Crippen LogP contribution in [0.25, 0.3) is 0 Å². The zero-order chi connectivity index (χ0) is 16.7. The molecule has 0 aromatic carbocycles. The molecule has 122 valence electrons. The van der Waals surface area contributed by atoms with Gasteiger partial charge in [0.1, 0.15) is 0 Å². The molecule has 0 aromatic rings. The lowest BCUT2D eigenvalue weighted by Crippen LogP contribution is -2.05. The molecule has 4 heteroatoms. The van der Waals surface area contributed by atoms with Crippen LogP contribution < -0.4 is 0 Å². The molecule has 0 aliphatic heterocycles. The van der Waals surface area contributed by atoms with Crippen molar-refractivity contribution in [1.29, 1.82) is 0 Å². The van der Waals surface area contributed by atoms with Crippen LogP contribution in [0.3, 0.4) is 0 Å². The Bertz CT molecular complexity index is 332. The van der Waals surface area contributed by atoms with Crippen molar-refractivity contribution in [1.82, 2.24) is 0 Å². The zero-order valence-corrected chi connectivity index (χ0v) is 14.0. The van der Waals surface area contributed by atoms with Gasteiger partial charge in [-0.05, 0) is 20.3 Å². The zero-order valence-electron chi connectivity index (χ0n) is 14.0. The normalized spacial score (nSPS) is 9.14. The van der Waals surface area contributed by atoms with Gasteiger partial charge in [-0.25, -0.2) is 9.59 Å². The maximum atomic E-state index is 11.0. The smallest absolute Gasteiger partial charge is 0.333 e. The minimum Gasteiger partial charge on any atom is -0.466 e. The first-order valence-corrected chi connectivity index (χ1v) is 7.43. The van der Waals surface area contributed by atoms with E-state index in [4.69, 9.17) is 4.74 Å². The SMILES string of the molecule is C=C(C)C(=O)OC.C=C(C)C(=O)OCCCCCCCC. The number of rotatable bonds is 9. The van der Waals surface area contributed by atoms with Gasteiger partial charge in [0.25, 0.3) is 0 Å². The number of hydrogen-bond acceptors (Lipinski definition) is 4. The molecule has 0 saturated heterocycles. The Hall–Kier alpha value is -1.58. The monoisotopic (exact) mass is 298 g/mol. The van der Waals surface area contributed by atoms with Crippen molar-refractivity contribution in [2.75, 3.05) is 13.7 Å². The molecule has 0 bridgehead atoms. The number of methoxy groups -OCH3 is 1. The quantitative estimate of drug-likeness (QED) is 0.363. The molecular formula is C17H30O4. The van der Waals surface area contributed by atoms with Crippen LogP contribution >= 0.6 is 0 Å². The molecule has 0 unspecified atom stereocenters. The minimum atomic E-state index is -0.347. The summed E-state index contributed by atoms with van der Waals surface area (Å²) >= 11 is 0. The molecule has 0 N–H and O–H groups in total. The summed E-state index contributed by atoms with van der Waals surface area (Å²) < 4.78 is 9.24. The molecule has 0 heterocycles. The van der Waals surface area contributed by atoms with Crippen molar-refractivity contribution >= 4 is 11.9 Å². The largest absolute Gasteiger partial charge is 0.466 e. The van der Waals surface area contributed by atoms with E-state index in [2.05, 4.69) is 24.8 Å². The van der Waals surface area contributed by atoms with E-state index >= 15 is 0 Å². The molecule has 0 amide bonds. The van der Waals surface area contributed by atoms with Crippen molar-refractivity contribution in [3.63, 3.8) is 0 Å². The van der Waals surface area contributed by atoms with Crippen molar-refractivity contribution in [2.24, 2.45) is 0 Å². The average Bonchev–Trinajstić information content (AvgIpc) is 2.45. The summed E-state index contributed by atoms with van der Waals surface area (Å²) in [5.41, 5.74) is 0.915. The lowest BCUT2D eigenvalue weighted by molar-refractivity contribution is -0.139. The Balaban J connectivity index is 0. The second-order valence-electron chi connectivity index (χ2n) is 4.96. The molecule has 0 saturated carbocycles. The van der Waals surface area contributed by atoms with E-state index < -0.39 is 0 Å². The Kier molecular flexibility index (Phi) is 15.3. The number of esters is 2. The van der Waals surface area contributed by atoms with Gasteiger partial charge in [0.2, 0.25) is 0 Å². The lowest BCUT2D eigenvalue weighted by Gasteiger charge is -2.03. The minimum absolute atomic E-state index is 0.265. The van der Waals surface area contributed by atoms with Crippen molar-refractivity contribution in [3.8, 4) is 0 Å². The van der Waals surface area contributed by atoms with Crippen LogP contribution in [0.1, 0.15) is 59.3 Å². The maximum Gasteiger partial charge on any atom is 0.333 e. The van der Waals surface area contributed by atoms with Gasteiger partial charge in [0.15, 0.2) is 0 Å². The third-order valence-electron chi connectivity index (χ3n) is 2.61. The highest BCUT2D eigenvalue weighted by atomic mass is 16.5. The van der Waals surface area contributed by atoms with Crippen LogP contribution in [0, 0.1) is 0 Å². The number of carbonyl (C=O) groups is 2. The molecule has 0 atom stereocenters. The van der Waals surface area contributed by atoms with Crippen molar-refractivity contribution in [2.45, 2.75) is 59.3 Å². The summed E-state index contributed by atoms with van der Waals surface area (Å²) in [6, 6.07) is 0. The summed E-state index contributed by atoms with van der Waals surface area (Å²) in [4.78, 5) is 21.1. The van der Waals surface area contributed by atoms with E-state index in [-0.39, 0.29) is 11.9 Å². The van der Waals surface area contributed by atoms with Crippen LogP contribution in [0.5, 0.6) is 0 Å². The molecule has 0 aromatic heterocycles. The summed E-state index contributed by atoms with van der Waals surface area (Å²) in [6.07, 6.45) is 7.26. The first-order valence-electron chi connectivity index (χ1n) is 7.43. The summed E-state index contributed by atoms with van der Waals surface area (Å²) in [5.74, 6) is -0.612. The topological polar surface area (TPSA) is 52.6 Å². The van der Waals surface area contributed by atoms with Crippen molar-refractivity contribution in [3.05, 3.63) is 24.3 Å². The summed E-state index contributed by atoms with van der Waals surface area (Å²) in [5, 5.41) is 0. The summed E-state index contributed by atoms with van der Waals surface area (Å²) in [6.45, 7) is 12.9. The van der Waals surface area contributed by atoms with Gasteiger partial charge in [-0.1, -0.05) is 52.2 Å². The first-order chi connectivity index (χ1) is 9.86. The molecule has 0 rings (SSSR count). The van der Waals surface area contributed by atoms with Crippen LogP contribution in [-0.2, 0) is 19.1 Å². The average molecular weight is 298 g/mol. The fourth-order valence-corrected chi connectivity index (χ4v) is 1.34. The highest BCUT2D eigenvalue weighted by molar-refractivity contribution is 5.87. The number of carbonyl (C=O) groups excluding carboxylic acids is 2. The van der Waals surface area contributed by atoms with E-state index in [1.165, 1.54) is 32.8 Å². The molecular weight excluding hydrogens is 268 g/mol. The second-order valence-corrected chi connectivity index (χ2v) is 4.96. The van der Waals surface area contributed by atoms with Crippen molar-refractivity contribution < 1.29 is 19.1 Å². The van der Waals surface area contributed by atoms with Crippen LogP contribution in [-0.4, -0.2) is 25.7 Å². The van der Waals surface area contributed by atoms with Crippen LogP contribution in [0.4, 0.5) is 0 Å². The molecule has 0 fully saturated rings.